The smallest absolute Gasteiger partial charge is 0.147 e. The zero-order chi connectivity index (χ0) is 22.0. The van der Waals surface area contributed by atoms with Gasteiger partial charge >= 0.3 is 0 Å². The molecule has 0 aromatic heterocycles. The Morgan fingerprint density at radius 3 is 2.39 bits per heavy atom. The highest BCUT2D eigenvalue weighted by Crippen LogP contribution is 2.29. The SMILES string of the molecule is COc1ccc2c(c1)=CN(Cc1cccc(CN)c1)C(c1ccc(C(C)(C)C)cc1)N=2. The van der Waals surface area contributed by atoms with Crippen LogP contribution >= 0.6 is 0 Å². The van der Waals surface area contributed by atoms with Gasteiger partial charge in [-0.05, 0) is 45.9 Å². The summed E-state index contributed by atoms with van der Waals surface area (Å²) >= 11 is 0. The summed E-state index contributed by atoms with van der Waals surface area (Å²) in [5.41, 5.74) is 10.8. The molecule has 0 saturated carbocycles. The average Bonchev–Trinajstić information content (AvgIpc) is 2.78. The van der Waals surface area contributed by atoms with Crippen LogP contribution in [0.5, 0.6) is 5.75 Å². The molecule has 31 heavy (non-hydrogen) atoms. The zero-order valence-electron chi connectivity index (χ0n) is 18.8. The maximum Gasteiger partial charge on any atom is 0.147 e. The molecular weight excluding hydrogens is 382 g/mol. The number of hydrogen-bond donors (Lipinski definition) is 1. The molecule has 4 rings (SSSR count). The number of nitrogens with two attached hydrogens (primary N) is 1. The number of ether oxygens (including phenoxy) is 1. The summed E-state index contributed by atoms with van der Waals surface area (Å²) in [5.74, 6) is 0.836. The minimum absolute atomic E-state index is 0.0866. The van der Waals surface area contributed by atoms with Crippen molar-refractivity contribution < 1.29 is 4.74 Å². The van der Waals surface area contributed by atoms with Gasteiger partial charge in [0.1, 0.15) is 11.9 Å². The molecule has 1 unspecified atom stereocenters. The zero-order valence-corrected chi connectivity index (χ0v) is 18.8. The van der Waals surface area contributed by atoms with Crippen LogP contribution in [0.2, 0.25) is 0 Å². The van der Waals surface area contributed by atoms with Crippen LogP contribution in [0.3, 0.4) is 0 Å². The predicted octanol–water partition coefficient (Wildman–Crippen LogP) is 4.02. The first kappa shape index (κ1) is 21.1. The molecule has 4 nitrogen and oxygen atoms in total. The third-order valence-corrected chi connectivity index (χ3v) is 5.78. The van der Waals surface area contributed by atoms with E-state index in [-0.39, 0.29) is 11.6 Å². The van der Waals surface area contributed by atoms with Crippen molar-refractivity contribution in [1.29, 1.82) is 0 Å². The van der Waals surface area contributed by atoms with Crippen molar-refractivity contribution in [2.75, 3.05) is 7.11 Å². The lowest BCUT2D eigenvalue weighted by atomic mass is 9.86. The van der Waals surface area contributed by atoms with Crippen molar-refractivity contribution >= 4 is 6.20 Å². The number of nitrogens with zero attached hydrogens (tertiary/aromatic N) is 2. The highest BCUT2D eigenvalue weighted by atomic mass is 16.5. The average molecular weight is 414 g/mol. The summed E-state index contributed by atoms with van der Waals surface area (Å²) in [7, 11) is 1.69. The summed E-state index contributed by atoms with van der Waals surface area (Å²) in [6, 6.07) is 23.4. The van der Waals surface area contributed by atoms with Crippen LogP contribution in [0.4, 0.5) is 0 Å². The van der Waals surface area contributed by atoms with E-state index in [1.807, 2.05) is 18.2 Å². The number of hydrogen-bond acceptors (Lipinski definition) is 4. The van der Waals surface area contributed by atoms with Gasteiger partial charge in [0.2, 0.25) is 0 Å². The fourth-order valence-corrected chi connectivity index (χ4v) is 3.95. The van der Waals surface area contributed by atoms with Gasteiger partial charge in [-0.3, -0.25) is 4.99 Å². The van der Waals surface area contributed by atoms with E-state index >= 15 is 0 Å². The van der Waals surface area contributed by atoms with E-state index in [1.165, 1.54) is 16.7 Å². The number of rotatable bonds is 5. The third kappa shape index (κ3) is 4.64. The van der Waals surface area contributed by atoms with Gasteiger partial charge in [-0.25, -0.2) is 0 Å². The largest absolute Gasteiger partial charge is 0.497 e. The van der Waals surface area contributed by atoms with Gasteiger partial charge in [-0.2, -0.15) is 0 Å². The standard InChI is InChI=1S/C27H31N3O/c1-27(2,3)23-10-8-21(9-11-23)26-29-25-13-12-24(31-4)15-22(25)18-30(26)17-20-7-5-6-19(14-20)16-28/h5-15,18,26H,16-17,28H2,1-4H3. The van der Waals surface area contributed by atoms with Crippen LogP contribution < -0.4 is 21.0 Å². The molecule has 160 valence electrons. The van der Waals surface area contributed by atoms with E-state index in [9.17, 15) is 0 Å². The molecule has 1 aliphatic rings. The molecule has 0 bridgehead atoms. The Hall–Kier alpha value is -3.11. The molecule has 1 heterocycles. The highest BCUT2D eigenvalue weighted by molar-refractivity contribution is 5.37. The van der Waals surface area contributed by atoms with Gasteiger partial charge in [0.05, 0.1) is 12.5 Å². The second-order valence-corrected chi connectivity index (χ2v) is 9.13. The molecule has 0 radical (unpaired) electrons. The molecular formula is C27H31N3O. The van der Waals surface area contributed by atoms with E-state index in [0.29, 0.717) is 6.54 Å². The first-order valence-corrected chi connectivity index (χ1v) is 10.8. The number of methoxy groups -OCH3 is 1. The molecule has 4 heteroatoms. The van der Waals surface area contributed by atoms with Crippen LogP contribution in [0, 0.1) is 0 Å². The van der Waals surface area contributed by atoms with Crippen LogP contribution in [0.15, 0.2) is 71.7 Å². The Bertz CT molecular complexity index is 1180. The van der Waals surface area contributed by atoms with Crippen LogP contribution in [0.25, 0.3) is 6.20 Å². The molecule has 0 saturated heterocycles. The van der Waals surface area contributed by atoms with Crippen LogP contribution in [0.1, 0.15) is 49.2 Å². The van der Waals surface area contributed by atoms with E-state index < -0.39 is 0 Å². The minimum atomic E-state index is -0.0866. The van der Waals surface area contributed by atoms with Crippen molar-refractivity contribution in [3.63, 3.8) is 0 Å². The van der Waals surface area contributed by atoms with E-state index in [1.54, 1.807) is 7.11 Å². The van der Waals surface area contributed by atoms with E-state index in [0.717, 1.165) is 28.4 Å². The van der Waals surface area contributed by atoms with E-state index in [4.69, 9.17) is 15.5 Å². The predicted molar refractivity (Wildman–Crippen MR) is 126 cm³/mol. The quantitative estimate of drug-likeness (QED) is 0.687. The summed E-state index contributed by atoms with van der Waals surface area (Å²) in [6.07, 6.45) is 2.11. The van der Waals surface area contributed by atoms with Crippen molar-refractivity contribution in [2.45, 2.75) is 45.4 Å². The molecule has 1 aliphatic heterocycles. The topological polar surface area (TPSA) is 50.9 Å². The fraction of sp³-hybridized carbons (Fsp3) is 0.296. The van der Waals surface area contributed by atoms with Crippen molar-refractivity contribution in [3.8, 4) is 5.75 Å². The molecule has 0 amide bonds. The first-order valence-electron chi connectivity index (χ1n) is 10.8. The molecule has 0 aliphatic carbocycles. The van der Waals surface area contributed by atoms with Crippen LogP contribution in [-0.2, 0) is 18.5 Å². The second-order valence-electron chi connectivity index (χ2n) is 9.13. The summed E-state index contributed by atoms with van der Waals surface area (Å²) in [6.45, 7) is 8.00. The molecule has 0 spiro atoms. The van der Waals surface area contributed by atoms with E-state index in [2.05, 4.69) is 80.4 Å². The third-order valence-electron chi connectivity index (χ3n) is 5.78. The maximum atomic E-state index is 5.86. The van der Waals surface area contributed by atoms with Crippen LogP contribution in [-0.4, -0.2) is 12.0 Å². The molecule has 3 aromatic rings. The monoisotopic (exact) mass is 413 g/mol. The van der Waals surface area contributed by atoms with Gasteiger partial charge in [0.25, 0.3) is 0 Å². The lowest BCUT2D eigenvalue weighted by Gasteiger charge is -2.31. The Morgan fingerprint density at radius 1 is 0.968 bits per heavy atom. The lowest BCUT2D eigenvalue weighted by molar-refractivity contribution is 0.298. The van der Waals surface area contributed by atoms with Crippen molar-refractivity contribution in [3.05, 3.63) is 99.6 Å². The Balaban J connectivity index is 1.76. The van der Waals surface area contributed by atoms with Gasteiger partial charge in [0.15, 0.2) is 0 Å². The Morgan fingerprint density at radius 2 is 1.71 bits per heavy atom. The summed E-state index contributed by atoms with van der Waals surface area (Å²) in [4.78, 5) is 7.41. The van der Waals surface area contributed by atoms with Gasteiger partial charge in [-0.15, -0.1) is 0 Å². The molecule has 3 aromatic carbocycles. The minimum Gasteiger partial charge on any atom is -0.497 e. The molecule has 2 N–H and O–H groups in total. The Labute approximate surface area is 184 Å². The van der Waals surface area contributed by atoms with Crippen molar-refractivity contribution in [2.24, 2.45) is 10.7 Å². The summed E-state index contributed by atoms with van der Waals surface area (Å²) < 4.78 is 5.43. The number of benzene rings is 3. The number of fused-ring (bicyclic) bond motifs is 1. The second kappa shape index (κ2) is 8.56. The first-order chi connectivity index (χ1) is 14.9. The fourth-order valence-electron chi connectivity index (χ4n) is 3.95. The van der Waals surface area contributed by atoms with Gasteiger partial charge in [-0.1, -0.05) is 69.3 Å². The normalized spacial score (nSPS) is 15.6. The molecule has 1 atom stereocenters. The van der Waals surface area contributed by atoms with Crippen molar-refractivity contribution in [1.82, 2.24) is 4.90 Å². The highest BCUT2D eigenvalue weighted by Gasteiger charge is 2.21. The summed E-state index contributed by atoms with van der Waals surface area (Å²) in [5, 5.41) is 2.05. The Kier molecular flexibility index (Phi) is 5.84. The maximum absolute atomic E-state index is 5.86. The molecule has 0 fully saturated rings. The van der Waals surface area contributed by atoms with Gasteiger partial charge in [0, 0.05) is 24.5 Å². The van der Waals surface area contributed by atoms with Gasteiger partial charge < -0.3 is 15.4 Å². The lowest BCUT2D eigenvalue weighted by Crippen LogP contribution is -2.37.